The number of rotatable bonds is 3. The topological polar surface area (TPSA) is 86.3 Å². The molecule has 0 aliphatic carbocycles. The van der Waals surface area contributed by atoms with Crippen molar-refractivity contribution < 1.29 is 9.90 Å². The van der Waals surface area contributed by atoms with Gasteiger partial charge < -0.3 is 10.0 Å². The highest BCUT2D eigenvalue weighted by Gasteiger charge is 2.29. The lowest BCUT2D eigenvalue weighted by atomic mass is 10.1. The van der Waals surface area contributed by atoms with Gasteiger partial charge in [0.15, 0.2) is 0 Å². The number of H-pyrrole nitrogens is 1. The summed E-state index contributed by atoms with van der Waals surface area (Å²) in [5, 5.41) is 8.91. The van der Waals surface area contributed by atoms with Gasteiger partial charge in [-0.25, -0.2) is 4.98 Å². The zero-order valence-corrected chi connectivity index (χ0v) is 9.64. The monoisotopic (exact) mass is 237 g/mol. The summed E-state index contributed by atoms with van der Waals surface area (Å²) in [5.74, 6) is -0.676. The van der Waals surface area contributed by atoms with Gasteiger partial charge in [0.05, 0.1) is 5.92 Å². The first-order valence-corrected chi connectivity index (χ1v) is 5.68. The first-order chi connectivity index (χ1) is 8.10. The molecule has 1 aliphatic heterocycles. The van der Waals surface area contributed by atoms with Crippen LogP contribution in [-0.2, 0) is 11.2 Å². The Kier molecular flexibility index (Phi) is 3.12. The van der Waals surface area contributed by atoms with Crippen molar-refractivity contribution in [1.29, 1.82) is 0 Å². The summed E-state index contributed by atoms with van der Waals surface area (Å²) >= 11 is 0. The molecule has 1 aromatic heterocycles. The van der Waals surface area contributed by atoms with E-state index in [0.717, 1.165) is 5.69 Å². The fourth-order valence-corrected chi connectivity index (χ4v) is 1.98. The van der Waals surface area contributed by atoms with Gasteiger partial charge in [-0.15, -0.1) is 0 Å². The zero-order valence-electron chi connectivity index (χ0n) is 9.64. The number of aromatic nitrogens is 2. The minimum atomic E-state index is -0.790. The van der Waals surface area contributed by atoms with Gasteiger partial charge in [0.25, 0.3) is 5.56 Å². The maximum absolute atomic E-state index is 11.4. The summed E-state index contributed by atoms with van der Waals surface area (Å²) in [6.45, 7) is 2.95. The number of carbonyl (C=O) groups is 1. The Bertz CT molecular complexity index is 483. The molecule has 0 saturated carbocycles. The largest absolute Gasteiger partial charge is 0.481 e. The molecule has 1 saturated heterocycles. The van der Waals surface area contributed by atoms with Crippen LogP contribution in [0.4, 0.5) is 5.95 Å². The van der Waals surface area contributed by atoms with Crippen LogP contribution in [0, 0.1) is 5.92 Å². The van der Waals surface area contributed by atoms with Crippen LogP contribution in [0.5, 0.6) is 0 Å². The molecule has 0 radical (unpaired) electrons. The van der Waals surface area contributed by atoms with Crippen molar-refractivity contribution in [2.45, 2.75) is 19.8 Å². The van der Waals surface area contributed by atoms with E-state index in [9.17, 15) is 9.59 Å². The molecule has 1 fully saturated rings. The Balaban J connectivity index is 2.21. The third-order valence-electron chi connectivity index (χ3n) is 2.98. The number of aryl methyl sites for hydroxylation is 1. The van der Waals surface area contributed by atoms with E-state index in [2.05, 4.69) is 9.97 Å². The van der Waals surface area contributed by atoms with Gasteiger partial charge in [0.1, 0.15) is 0 Å². The van der Waals surface area contributed by atoms with Crippen LogP contribution in [0.1, 0.15) is 19.0 Å². The van der Waals surface area contributed by atoms with Crippen LogP contribution in [-0.4, -0.2) is 34.1 Å². The molecule has 6 nitrogen and oxygen atoms in total. The van der Waals surface area contributed by atoms with E-state index in [0.29, 0.717) is 31.9 Å². The Morgan fingerprint density at radius 1 is 1.71 bits per heavy atom. The molecule has 0 amide bonds. The highest BCUT2D eigenvalue weighted by atomic mass is 16.4. The van der Waals surface area contributed by atoms with Crippen LogP contribution < -0.4 is 10.5 Å². The van der Waals surface area contributed by atoms with Gasteiger partial charge in [0.2, 0.25) is 5.95 Å². The van der Waals surface area contributed by atoms with Gasteiger partial charge in [-0.2, -0.15) is 0 Å². The molecular formula is C11H15N3O3. The van der Waals surface area contributed by atoms with E-state index in [1.165, 1.54) is 6.07 Å². The lowest BCUT2D eigenvalue weighted by molar-refractivity contribution is -0.140. The summed E-state index contributed by atoms with van der Waals surface area (Å²) in [4.78, 5) is 31.0. The van der Waals surface area contributed by atoms with E-state index in [-0.39, 0.29) is 11.5 Å². The van der Waals surface area contributed by atoms with E-state index in [4.69, 9.17) is 5.11 Å². The van der Waals surface area contributed by atoms with Crippen LogP contribution in [0.3, 0.4) is 0 Å². The van der Waals surface area contributed by atoms with Crippen LogP contribution in [0.25, 0.3) is 0 Å². The van der Waals surface area contributed by atoms with Gasteiger partial charge in [-0.1, -0.05) is 6.92 Å². The SMILES string of the molecule is CCc1cc(=O)[nH]c(N2CC[C@@H](C(=O)O)C2)n1. The number of carboxylic acid groups (broad SMARTS) is 1. The van der Waals surface area contributed by atoms with E-state index in [1.54, 1.807) is 0 Å². The molecule has 0 unspecified atom stereocenters. The van der Waals surface area contributed by atoms with Crippen LogP contribution in [0.2, 0.25) is 0 Å². The zero-order chi connectivity index (χ0) is 12.4. The molecule has 1 atom stereocenters. The first-order valence-electron chi connectivity index (χ1n) is 5.68. The van der Waals surface area contributed by atoms with Gasteiger partial charge >= 0.3 is 5.97 Å². The third-order valence-corrected chi connectivity index (χ3v) is 2.98. The number of nitrogens with zero attached hydrogens (tertiary/aromatic N) is 2. The van der Waals surface area contributed by atoms with Crippen molar-refractivity contribution >= 4 is 11.9 Å². The molecule has 0 bridgehead atoms. The molecule has 6 heteroatoms. The number of hydrogen-bond acceptors (Lipinski definition) is 4. The summed E-state index contributed by atoms with van der Waals surface area (Å²) in [6.07, 6.45) is 1.28. The summed E-state index contributed by atoms with van der Waals surface area (Å²) in [5.41, 5.74) is 0.535. The predicted molar refractivity (Wildman–Crippen MR) is 62.2 cm³/mol. The van der Waals surface area contributed by atoms with Crippen LogP contribution >= 0.6 is 0 Å². The second kappa shape index (κ2) is 4.57. The third kappa shape index (κ3) is 2.46. The fourth-order valence-electron chi connectivity index (χ4n) is 1.98. The van der Waals surface area contributed by atoms with Crippen molar-refractivity contribution in [3.8, 4) is 0 Å². The van der Waals surface area contributed by atoms with Crippen molar-refractivity contribution in [2.24, 2.45) is 5.92 Å². The Morgan fingerprint density at radius 2 is 2.47 bits per heavy atom. The maximum Gasteiger partial charge on any atom is 0.308 e. The minimum Gasteiger partial charge on any atom is -0.481 e. The highest BCUT2D eigenvalue weighted by Crippen LogP contribution is 2.20. The molecule has 17 heavy (non-hydrogen) atoms. The highest BCUT2D eigenvalue weighted by molar-refractivity contribution is 5.71. The second-order valence-electron chi connectivity index (χ2n) is 4.18. The summed E-state index contributed by atoms with van der Waals surface area (Å²) in [7, 11) is 0. The molecular weight excluding hydrogens is 222 g/mol. The molecule has 2 heterocycles. The molecule has 2 N–H and O–H groups in total. The molecule has 1 aromatic rings. The molecule has 92 valence electrons. The smallest absolute Gasteiger partial charge is 0.308 e. The lowest BCUT2D eigenvalue weighted by Gasteiger charge is -2.16. The number of carboxylic acids is 1. The predicted octanol–water partition coefficient (Wildman–Crippen LogP) is 0.243. The quantitative estimate of drug-likeness (QED) is 0.786. The van der Waals surface area contributed by atoms with Crippen molar-refractivity contribution in [3.05, 3.63) is 22.1 Å². The average Bonchev–Trinajstić information content (AvgIpc) is 2.77. The van der Waals surface area contributed by atoms with Crippen LogP contribution in [0.15, 0.2) is 10.9 Å². The number of anilines is 1. The van der Waals surface area contributed by atoms with Crippen molar-refractivity contribution in [1.82, 2.24) is 9.97 Å². The second-order valence-corrected chi connectivity index (χ2v) is 4.18. The summed E-state index contributed by atoms with van der Waals surface area (Å²) in [6, 6.07) is 1.47. The van der Waals surface area contributed by atoms with Gasteiger partial charge in [0, 0.05) is 24.8 Å². The molecule has 0 aromatic carbocycles. The Morgan fingerprint density at radius 3 is 3.06 bits per heavy atom. The number of hydrogen-bond donors (Lipinski definition) is 2. The number of nitrogens with one attached hydrogen (secondary N) is 1. The summed E-state index contributed by atoms with van der Waals surface area (Å²) < 4.78 is 0. The fraction of sp³-hybridized carbons (Fsp3) is 0.545. The Hall–Kier alpha value is -1.85. The Labute approximate surface area is 98.3 Å². The molecule has 2 rings (SSSR count). The lowest BCUT2D eigenvalue weighted by Crippen LogP contribution is -2.27. The van der Waals surface area contributed by atoms with Gasteiger partial charge in [-0.05, 0) is 12.8 Å². The number of aromatic amines is 1. The van der Waals surface area contributed by atoms with E-state index in [1.807, 2.05) is 11.8 Å². The maximum atomic E-state index is 11.4. The normalized spacial score (nSPS) is 19.6. The van der Waals surface area contributed by atoms with E-state index < -0.39 is 5.97 Å². The number of aliphatic carboxylic acids is 1. The first kappa shape index (κ1) is 11.6. The molecule has 0 spiro atoms. The standard InChI is InChI=1S/C11H15N3O3/c1-2-8-5-9(15)13-11(12-8)14-4-3-7(6-14)10(16)17/h5,7H,2-4,6H2,1H3,(H,16,17)(H,12,13,15)/t7-/m1/s1. The average molecular weight is 237 g/mol. The van der Waals surface area contributed by atoms with Crippen molar-refractivity contribution in [3.63, 3.8) is 0 Å². The van der Waals surface area contributed by atoms with Crippen molar-refractivity contribution in [2.75, 3.05) is 18.0 Å². The molecule has 1 aliphatic rings. The van der Waals surface area contributed by atoms with E-state index >= 15 is 0 Å². The van der Waals surface area contributed by atoms with Gasteiger partial charge in [-0.3, -0.25) is 14.6 Å². The minimum absolute atomic E-state index is 0.189.